The third-order valence-electron chi connectivity index (χ3n) is 11.1. The minimum Gasteiger partial charge on any atom is -0.456 e. The molecular formula is C51H29N3OS. The summed E-state index contributed by atoms with van der Waals surface area (Å²) in [5.41, 5.74) is 6.67. The molecule has 3 heterocycles. The molecule has 5 heteroatoms. The second-order valence-electron chi connectivity index (χ2n) is 14.3. The number of rotatable bonds is 4. The van der Waals surface area contributed by atoms with E-state index in [-0.39, 0.29) is 0 Å². The molecule has 0 aliphatic heterocycles. The zero-order valence-electron chi connectivity index (χ0n) is 29.9. The van der Waals surface area contributed by atoms with Crippen LogP contribution in [0, 0.1) is 0 Å². The van der Waals surface area contributed by atoms with Gasteiger partial charge in [0.2, 0.25) is 0 Å². The van der Waals surface area contributed by atoms with E-state index in [4.69, 9.17) is 19.4 Å². The second-order valence-corrected chi connectivity index (χ2v) is 15.4. The lowest BCUT2D eigenvalue weighted by Crippen LogP contribution is -2.00. The van der Waals surface area contributed by atoms with Crippen LogP contribution in [0.1, 0.15) is 0 Å². The van der Waals surface area contributed by atoms with Gasteiger partial charge in [-0.25, -0.2) is 15.0 Å². The Bertz CT molecular complexity index is 3510. The molecule has 0 radical (unpaired) electrons. The Kier molecular flexibility index (Phi) is 6.76. The number of fused-ring (bicyclic) bond motifs is 12. The standard InChI is InChI=1S/C51H29N3OS/c1-2-11-30(12-3-1)49-52-50(32-23-26-47-43(28-32)40-17-8-9-20-46(40)56-47)54-51(53-49)33-22-25-41-45(29-33)55-44-19-10-18-34(48(41)44)31-21-24-39-37-15-5-4-13-35(37)36-14-6-7-16-38(36)42(39)27-31/h1-29H. The summed E-state index contributed by atoms with van der Waals surface area (Å²) >= 11 is 1.81. The van der Waals surface area contributed by atoms with Gasteiger partial charge in [-0.15, -0.1) is 11.3 Å². The highest BCUT2D eigenvalue weighted by atomic mass is 32.1. The van der Waals surface area contributed by atoms with Crippen molar-refractivity contribution in [1.29, 1.82) is 0 Å². The second kappa shape index (κ2) is 12.2. The summed E-state index contributed by atoms with van der Waals surface area (Å²) in [5.74, 6) is 1.86. The lowest BCUT2D eigenvalue weighted by atomic mass is 9.91. The lowest BCUT2D eigenvalue weighted by molar-refractivity contribution is 0.669. The number of thiophene rings is 1. The van der Waals surface area contributed by atoms with Crippen LogP contribution >= 0.6 is 11.3 Å². The molecule has 0 aliphatic carbocycles. The summed E-state index contributed by atoms with van der Waals surface area (Å²) in [6.45, 7) is 0. The van der Waals surface area contributed by atoms with Crippen molar-refractivity contribution in [3.8, 4) is 45.3 Å². The van der Waals surface area contributed by atoms with Crippen LogP contribution in [-0.4, -0.2) is 15.0 Å². The van der Waals surface area contributed by atoms with E-state index >= 15 is 0 Å². The third-order valence-corrected chi connectivity index (χ3v) is 12.3. The largest absolute Gasteiger partial charge is 0.456 e. The molecule has 12 aromatic rings. The molecule has 0 N–H and O–H groups in total. The molecule has 260 valence electrons. The average Bonchev–Trinajstić information content (AvgIpc) is 3.84. The van der Waals surface area contributed by atoms with Crippen LogP contribution in [0.25, 0.3) is 120 Å². The van der Waals surface area contributed by atoms with Gasteiger partial charge in [-0.1, -0.05) is 127 Å². The Labute approximate surface area is 325 Å². The van der Waals surface area contributed by atoms with Crippen LogP contribution in [0.3, 0.4) is 0 Å². The molecule has 56 heavy (non-hydrogen) atoms. The van der Waals surface area contributed by atoms with Crippen molar-refractivity contribution < 1.29 is 4.42 Å². The maximum absolute atomic E-state index is 6.63. The number of furan rings is 1. The molecule has 9 aromatic carbocycles. The molecule has 0 fully saturated rings. The molecule has 0 bridgehead atoms. The van der Waals surface area contributed by atoms with E-state index in [2.05, 4.69) is 146 Å². The van der Waals surface area contributed by atoms with Crippen molar-refractivity contribution in [1.82, 2.24) is 15.0 Å². The maximum atomic E-state index is 6.63. The highest BCUT2D eigenvalue weighted by Crippen LogP contribution is 2.42. The topological polar surface area (TPSA) is 51.8 Å². The number of hydrogen-bond donors (Lipinski definition) is 0. The molecule has 0 spiro atoms. The summed E-state index contributed by atoms with van der Waals surface area (Å²) in [5, 5.41) is 12.2. The van der Waals surface area contributed by atoms with Gasteiger partial charge in [-0.3, -0.25) is 0 Å². The molecule has 3 aromatic heterocycles. The summed E-state index contributed by atoms with van der Waals surface area (Å²) in [7, 11) is 0. The van der Waals surface area contributed by atoms with Crippen LogP contribution < -0.4 is 0 Å². The molecule has 0 unspecified atom stereocenters. The van der Waals surface area contributed by atoms with E-state index < -0.39 is 0 Å². The summed E-state index contributed by atoms with van der Waals surface area (Å²) in [4.78, 5) is 15.2. The van der Waals surface area contributed by atoms with Gasteiger partial charge < -0.3 is 4.42 Å². The zero-order valence-corrected chi connectivity index (χ0v) is 30.7. The molecule has 0 atom stereocenters. The third kappa shape index (κ3) is 4.81. The highest BCUT2D eigenvalue weighted by molar-refractivity contribution is 7.25. The van der Waals surface area contributed by atoms with Crippen LogP contribution in [-0.2, 0) is 0 Å². The van der Waals surface area contributed by atoms with Crippen molar-refractivity contribution in [3.05, 3.63) is 176 Å². The van der Waals surface area contributed by atoms with E-state index in [9.17, 15) is 0 Å². The predicted octanol–water partition coefficient (Wildman–Crippen LogP) is 14.3. The quantitative estimate of drug-likeness (QED) is 0.169. The number of aromatic nitrogens is 3. The van der Waals surface area contributed by atoms with Gasteiger partial charge in [0.15, 0.2) is 17.5 Å². The Hall–Kier alpha value is -7.21. The SMILES string of the molecule is c1ccc(-c2nc(-c3ccc4c(c3)oc3cccc(-c5ccc6c7ccccc7c7ccccc7c6c5)c34)nc(-c3ccc4sc5ccccc5c4c3)n2)cc1. The van der Waals surface area contributed by atoms with Gasteiger partial charge in [0.05, 0.1) is 0 Å². The lowest BCUT2D eigenvalue weighted by Gasteiger charge is -2.12. The molecule has 0 saturated heterocycles. The monoisotopic (exact) mass is 731 g/mol. The number of nitrogens with zero attached hydrogens (tertiary/aromatic N) is 3. The smallest absolute Gasteiger partial charge is 0.164 e. The number of benzene rings is 9. The highest BCUT2D eigenvalue weighted by Gasteiger charge is 2.18. The molecule has 4 nitrogen and oxygen atoms in total. The first-order valence-electron chi connectivity index (χ1n) is 18.8. The van der Waals surface area contributed by atoms with Crippen molar-refractivity contribution in [2.24, 2.45) is 0 Å². The Morgan fingerprint density at radius 2 is 0.857 bits per heavy atom. The van der Waals surface area contributed by atoms with Gasteiger partial charge in [0.25, 0.3) is 0 Å². The average molecular weight is 732 g/mol. The molecule has 12 rings (SSSR count). The van der Waals surface area contributed by atoms with Crippen LogP contribution in [0.5, 0.6) is 0 Å². The van der Waals surface area contributed by atoms with E-state index in [1.165, 1.54) is 52.5 Å². The molecule has 0 saturated carbocycles. The first-order chi connectivity index (χ1) is 27.7. The fraction of sp³-hybridized carbons (Fsp3) is 0. The van der Waals surface area contributed by atoms with Crippen LogP contribution in [0.2, 0.25) is 0 Å². The van der Waals surface area contributed by atoms with Crippen LogP contribution in [0.15, 0.2) is 180 Å². The van der Waals surface area contributed by atoms with E-state index in [1.54, 1.807) is 11.3 Å². The van der Waals surface area contributed by atoms with Gasteiger partial charge in [-0.2, -0.15) is 0 Å². The fourth-order valence-electron chi connectivity index (χ4n) is 8.50. The van der Waals surface area contributed by atoms with Gasteiger partial charge >= 0.3 is 0 Å². The maximum Gasteiger partial charge on any atom is 0.164 e. The van der Waals surface area contributed by atoms with Crippen molar-refractivity contribution in [2.75, 3.05) is 0 Å². The first kappa shape index (κ1) is 31.2. The van der Waals surface area contributed by atoms with E-state index in [0.717, 1.165) is 49.8 Å². The minimum atomic E-state index is 0.598. The normalized spacial score (nSPS) is 11.9. The Morgan fingerprint density at radius 3 is 1.61 bits per heavy atom. The van der Waals surface area contributed by atoms with E-state index in [0.29, 0.717) is 17.5 Å². The Balaban J connectivity index is 1.02. The minimum absolute atomic E-state index is 0.598. The van der Waals surface area contributed by atoms with Crippen molar-refractivity contribution in [2.45, 2.75) is 0 Å². The molecule has 0 aliphatic rings. The van der Waals surface area contributed by atoms with E-state index in [1.807, 2.05) is 30.3 Å². The fourth-order valence-corrected chi connectivity index (χ4v) is 9.58. The summed E-state index contributed by atoms with van der Waals surface area (Å²) < 4.78 is 9.14. The van der Waals surface area contributed by atoms with Crippen molar-refractivity contribution >= 4 is 85.8 Å². The molecule has 0 amide bonds. The van der Waals surface area contributed by atoms with Crippen molar-refractivity contribution in [3.63, 3.8) is 0 Å². The van der Waals surface area contributed by atoms with Crippen LogP contribution in [0.4, 0.5) is 0 Å². The van der Waals surface area contributed by atoms with Gasteiger partial charge in [0.1, 0.15) is 11.2 Å². The molecular weight excluding hydrogens is 703 g/mol. The van der Waals surface area contributed by atoms with Gasteiger partial charge in [0, 0.05) is 47.6 Å². The van der Waals surface area contributed by atoms with Gasteiger partial charge in [-0.05, 0) is 92.0 Å². The Morgan fingerprint density at radius 1 is 0.321 bits per heavy atom. The first-order valence-corrected chi connectivity index (χ1v) is 19.6. The number of hydrogen-bond acceptors (Lipinski definition) is 5. The predicted molar refractivity (Wildman–Crippen MR) is 234 cm³/mol. The summed E-state index contributed by atoms with van der Waals surface area (Å²) in [6.07, 6.45) is 0. The summed E-state index contributed by atoms with van der Waals surface area (Å²) in [6, 6.07) is 62.2. The zero-order chi connectivity index (χ0) is 36.7.